The lowest BCUT2D eigenvalue weighted by atomic mass is 10.2. The lowest BCUT2D eigenvalue weighted by Gasteiger charge is -2.00. The number of benzene rings is 1. The smallest absolute Gasteiger partial charge is 0.147 e. The number of aliphatic hydroxyl groups is 1. The minimum absolute atomic E-state index is 0.00694. The van der Waals surface area contributed by atoms with Gasteiger partial charge >= 0.3 is 0 Å². The second-order valence-electron chi connectivity index (χ2n) is 4.03. The summed E-state index contributed by atoms with van der Waals surface area (Å²) in [5.41, 5.74) is 8.69. The van der Waals surface area contributed by atoms with Gasteiger partial charge in [-0.1, -0.05) is 29.8 Å². The van der Waals surface area contributed by atoms with Gasteiger partial charge in [0, 0.05) is 6.21 Å². The summed E-state index contributed by atoms with van der Waals surface area (Å²) >= 11 is 0. The van der Waals surface area contributed by atoms with Gasteiger partial charge in [-0.2, -0.15) is 5.10 Å². The van der Waals surface area contributed by atoms with Crippen molar-refractivity contribution in [3.8, 4) is 0 Å². The minimum atomic E-state index is 0.00694. The van der Waals surface area contributed by atoms with E-state index >= 15 is 0 Å². The average molecular weight is 244 g/mol. The predicted molar refractivity (Wildman–Crippen MR) is 72.2 cm³/mol. The highest BCUT2D eigenvalue weighted by molar-refractivity contribution is 5.83. The zero-order valence-electron chi connectivity index (χ0n) is 10.2. The Morgan fingerprint density at radius 3 is 2.78 bits per heavy atom. The van der Waals surface area contributed by atoms with Gasteiger partial charge in [-0.15, -0.1) is 0 Å². The molecule has 0 atom stereocenters. The Bertz CT molecular complexity index is 543. The first-order chi connectivity index (χ1) is 8.70. The number of aliphatic imine (C=N–C) groups is 1. The average Bonchev–Trinajstić information content (AvgIpc) is 2.71. The Hall–Kier alpha value is -2.14. The second kappa shape index (κ2) is 5.46. The van der Waals surface area contributed by atoms with E-state index in [1.807, 2.05) is 31.2 Å². The van der Waals surface area contributed by atoms with Crippen LogP contribution < -0.4 is 5.73 Å². The van der Waals surface area contributed by atoms with E-state index < -0.39 is 0 Å². The van der Waals surface area contributed by atoms with Crippen LogP contribution in [-0.2, 0) is 6.54 Å². The number of aryl methyl sites for hydroxylation is 1. The van der Waals surface area contributed by atoms with E-state index in [2.05, 4.69) is 10.1 Å². The van der Waals surface area contributed by atoms with Crippen molar-refractivity contribution < 1.29 is 5.11 Å². The maximum atomic E-state index is 8.83. The molecule has 94 valence electrons. The molecule has 5 nitrogen and oxygen atoms in total. The quantitative estimate of drug-likeness (QED) is 0.800. The molecule has 2 aromatic rings. The second-order valence-corrected chi connectivity index (χ2v) is 4.03. The summed E-state index contributed by atoms with van der Waals surface area (Å²) in [5, 5.41) is 12.9. The first-order valence-corrected chi connectivity index (χ1v) is 5.73. The van der Waals surface area contributed by atoms with Crippen LogP contribution in [0.5, 0.6) is 0 Å². The first-order valence-electron chi connectivity index (χ1n) is 5.73. The molecule has 0 saturated carbocycles. The standard InChI is InChI=1S/C13H16N4O/c1-10-2-4-11(5-3-10)8-15-12-9-16-17(6-7-18)13(12)14/h2-5,8-9,18H,6-7,14H2,1H3. The van der Waals surface area contributed by atoms with Crippen LogP contribution in [0, 0.1) is 6.92 Å². The molecule has 0 fully saturated rings. The van der Waals surface area contributed by atoms with Crippen molar-refractivity contribution in [1.29, 1.82) is 0 Å². The van der Waals surface area contributed by atoms with Gasteiger partial charge in [0.15, 0.2) is 0 Å². The van der Waals surface area contributed by atoms with Gasteiger partial charge in [0.05, 0.1) is 19.3 Å². The molecule has 0 aliphatic carbocycles. The van der Waals surface area contributed by atoms with Crippen LogP contribution in [-0.4, -0.2) is 27.7 Å². The van der Waals surface area contributed by atoms with Crippen LogP contribution in [0.2, 0.25) is 0 Å². The molecule has 0 saturated heterocycles. The number of nitrogens with two attached hydrogens (primary N) is 1. The summed E-state index contributed by atoms with van der Waals surface area (Å²) in [7, 11) is 0. The van der Waals surface area contributed by atoms with Gasteiger partial charge in [-0.05, 0) is 12.5 Å². The molecule has 0 radical (unpaired) electrons. The third-order valence-electron chi connectivity index (χ3n) is 2.60. The molecule has 0 unspecified atom stereocenters. The van der Waals surface area contributed by atoms with E-state index in [4.69, 9.17) is 10.8 Å². The molecule has 1 aromatic carbocycles. The SMILES string of the molecule is Cc1ccc(C=Nc2cnn(CCO)c2N)cc1. The Morgan fingerprint density at radius 1 is 1.39 bits per heavy atom. The molecule has 5 heteroatoms. The number of hydrogen-bond acceptors (Lipinski definition) is 4. The predicted octanol–water partition coefficient (Wildman–Crippen LogP) is 1.52. The fourth-order valence-corrected chi connectivity index (χ4v) is 1.55. The molecule has 1 aromatic heterocycles. The van der Waals surface area contributed by atoms with E-state index in [9.17, 15) is 0 Å². The van der Waals surface area contributed by atoms with E-state index in [1.165, 1.54) is 10.2 Å². The summed E-state index contributed by atoms with van der Waals surface area (Å²) < 4.78 is 1.53. The van der Waals surface area contributed by atoms with E-state index in [0.29, 0.717) is 18.1 Å². The minimum Gasteiger partial charge on any atom is -0.394 e. The highest BCUT2D eigenvalue weighted by Crippen LogP contribution is 2.20. The zero-order valence-corrected chi connectivity index (χ0v) is 10.2. The molecule has 0 aliphatic rings. The molecule has 1 heterocycles. The number of aliphatic hydroxyl groups excluding tert-OH is 1. The van der Waals surface area contributed by atoms with E-state index in [0.717, 1.165) is 5.56 Å². The summed E-state index contributed by atoms with van der Waals surface area (Å²) in [4.78, 5) is 4.29. The van der Waals surface area contributed by atoms with Crippen molar-refractivity contribution in [2.45, 2.75) is 13.5 Å². The maximum Gasteiger partial charge on any atom is 0.147 e. The van der Waals surface area contributed by atoms with Gasteiger partial charge in [0.25, 0.3) is 0 Å². The third kappa shape index (κ3) is 2.75. The maximum absolute atomic E-state index is 8.83. The van der Waals surface area contributed by atoms with Crippen LogP contribution in [0.1, 0.15) is 11.1 Å². The Kier molecular flexibility index (Phi) is 3.74. The summed E-state index contributed by atoms with van der Waals surface area (Å²) in [6.45, 7) is 2.43. The van der Waals surface area contributed by atoms with Crippen molar-refractivity contribution in [2.75, 3.05) is 12.3 Å². The van der Waals surface area contributed by atoms with E-state index in [-0.39, 0.29) is 6.61 Å². The van der Waals surface area contributed by atoms with Crippen molar-refractivity contribution >= 4 is 17.7 Å². The normalized spacial score (nSPS) is 11.2. The molecule has 0 bridgehead atoms. The third-order valence-corrected chi connectivity index (χ3v) is 2.60. The molecule has 2 rings (SSSR count). The van der Waals surface area contributed by atoms with Crippen molar-refractivity contribution in [1.82, 2.24) is 9.78 Å². The molecule has 0 spiro atoms. The molecular weight excluding hydrogens is 228 g/mol. The van der Waals surface area contributed by atoms with Gasteiger partial charge in [0.1, 0.15) is 11.5 Å². The topological polar surface area (TPSA) is 76.4 Å². The Morgan fingerprint density at radius 2 is 2.11 bits per heavy atom. The number of aromatic nitrogens is 2. The highest BCUT2D eigenvalue weighted by Gasteiger charge is 2.04. The number of nitrogen functional groups attached to an aromatic ring is 1. The largest absolute Gasteiger partial charge is 0.394 e. The van der Waals surface area contributed by atoms with Crippen molar-refractivity contribution in [3.63, 3.8) is 0 Å². The zero-order chi connectivity index (χ0) is 13.0. The Labute approximate surface area is 106 Å². The summed E-state index contributed by atoms with van der Waals surface area (Å²) in [5.74, 6) is 0.465. The first kappa shape index (κ1) is 12.3. The van der Waals surface area contributed by atoms with Crippen LogP contribution in [0.15, 0.2) is 35.5 Å². The lowest BCUT2D eigenvalue weighted by Crippen LogP contribution is -2.07. The lowest BCUT2D eigenvalue weighted by molar-refractivity contribution is 0.270. The molecule has 3 N–H and O–H groups in total. The highest BCUT2D eigenvalue weighted by atomic mass is 16.3. The van der Waals surface area contributed by atoms with Gasteiger partial charge in [-0.3, -0.25) is 4.99 Å². The van der Waals surface area contributed by atoms with Crippen LogP contribution in [0.4, 0.5) is 11.5 Å². The van der Waals surface area contributed by atoms with Gasteiger partial charge < -0.3 is 10.8 Å². The van der Waals surface area contributed by atoms with Crippen LogP contribution in [0.3, 0.4) is 0 Å². The Balaban J connectivity index is 2.16. The summed E-state index contributed by atoms with van der Waals surface area (Å²) in [6.07, 6.45) is 3.34. The molecule has 0 amide bonds. The fraction of sp³-hybridized carbons (Fsp3) is 0.231. The summed E-state index contributed by atoms with van der Waals surface area (Å²) in [6, 6.07) is 8.04. The van der Waals surface area contributed by atoms with Gasteiger partial charge in [-0.25, -0.2) is 4.68 Å². The fourth-order valence-electron chi connectivity index (χ4n) is 1.55. The van der Waals surface area contributed by atoms with Crippen LogP contribution >= 0.6 is 0 Å². The number of rotatable bonds is 4. The number of hydrogen-bond donors (Lipinski definition) is 2. The number of nitrogens with zero attached hydrogens (tertiary/aromatic N) is 3. The van der Waals surface area contributed by atoms with Crippen LogP contribution in [0.25, 0.3) is 0 Å². The van der Waals surface area contributed by atoms with E-state index in [1.54, 1.807) is 12.4 Å². The van der Waals surface area contributed by atoms with Crippen molar-refractivity contribution in [3.05, 3.63) is 41.6 Å². The van der Waals surface area contributed by atoms with Crippen molar-refractivity contribution in [2.24, 2.45) is 4.99 Å². The molecular formula is C13H16N4O. The monoisotopic (exact) mass is 244 g/mol. The van der Waals surface area contributed by atoms with Gasteiger partial charge in [0.2, 0.25) is 0 Å². The molecule has 18 heavy (non-hydrogen) atoms. The molecule has 0 aliphatic heterocycles. The number of anilines is 1.